The van der Waals surface area contributed by atoms with E-state index in [0.717, 1.165) is 19.4 Å². The minimum absolute atomic E-state index is 0.00917. The first-order valence-corrected chi connectivity index (χ1v) is 7.69. The second-order valence-corrected chi connectivity index (χ2v) is 5.76. The Morgan fingerprint density at radius 3 is 2.77 bits per heavy atom. The van der Waals surface area contributed by atoms with Gasteiger partial charge in [-0.15, -0.1) is 0 Å². The molecule has 1 aromatic heterocycles. The molecule has 0 bridgehead atoms. The van der Waals surface area contributed by atoms with Crippen molar-refractivity contribution in [3.63, 3.8) is 0 Å². The number of aromatic nitrogens is 3. The summed E-state index contributed by atoms with van der Waals surface area (Å²) < 4.78 is 0. The molecule has 3 rings (SSSR count). The molecule has 0 radical (unpaired) electrons. The van der Waals surface area contributed by atoms with Crippen molar-refractivity contribution in [2.75, 3.05) is 13.1 Å². The summed E-state index contributed by atoms with van der Waals surface area (Å²) in [6.45, 7) is 3.42. The number of nitrogens with two attached hydrogens (primary N) is 1. The second kappa shape index (κ2) is 6.27. The number of para-hydroxylation sites is 1. The lowest BCUT2D eigenvalue weighted by Crippen LogP contribution is -2.51. The first-order valence-electron chi connectivity index (χ1n) is 7.69. The van der Waals surface area contributed by atoms with E-state index >= 15 is 0 Å². The molecule has 1 saturated heterocycles. The topological polar surface area (TPSA) is 77.0 Å². The standard InChI is InChI=1S/C16H21N5O/c1-12-5-4-10-20(15(12)11-17)16(22)13-6-2-3-7-14(13)21-18-8-9-19-21/h2-3,6-9,12,15H,4-5,10-11,17H2,1H3/t12-,15?/m1/s1. The van der Waals surface area contributed by atoms with E-state index in [2.05, 4.69) is 17.1 Å². The largest absolute Gasteiger partial charge is 0.334 e. The van der Waals surface area contributed by atoms with Crippen LogP contribution in [-0.2, 0) is 0 Å². The molecule has 0 saturated carbocycles. The molecule has 6 heteroatoms. The van der Waals surface area contributed by atoms with Gasteiger partial charge >= 0.3 is 0 Å². The number of piperidine rings is 1. The minimum atomic E-state index is 0.00917. The Kier molecular flexibility index (Phi) is 4.20. The highest BCUT2D eigenvalue weighted by molar-refractivity contribution is 5.98. The van der Waals surface area contributed by atoms with Gasteiger partial charge in [0.2, 0.25) is 0 Å². The van der Waals surface area contributed by atoms with Crippen LogP contribution in [-0.4, -0.2) is 44.9 Å². The molecular formula is C16H21N5O. The Labute approximate surface area is 129 Å². The van der Waals surface area contributed by atoms with Crippen molar-refractivity contribution < 1.29 is 4.79 Å². The predicted octanol–water partition coefficient (Wildman–Crippen LogP) is 1.47. The van der Waals surface area contributed by atoms with Crippen LogP contribution in [0.15, 0.2) is 36.7 Å². The molecule has 0 aliphatic carbocycles. The van der Waals surface area contributed by atoms with Crippen LogP contribution < -0.4 is 5.73 Å². The van der Waals surface area contributed by atoms with Crippen molar-refractivity contribution in [3.05, 3.63) is 42.2 Å². The Bertz CT molecular complexity index is 640. The molecule has 1 aromatic carbocycles. The molecule has 2 heterocycles. The van der Waals surface area contributed by atoms with Gasteiger partial charge in [0.1, 0.15) is 0 Å². The third kappa shape index (κ3) is 2.62. The molecule has 2 aromatic rings. The number of hydrogen-bond donors (Lipinski definition) is 1. The fraction of sp³-hybridized carbons (Fsp3) is 0.438. The van der Waals surface area contributed by atoms with E-state index in [1.54, 1.807) is 12.4 Å². The third-order valence-corrected chi connectivity index (χ3v) is 4.39. The van der Waals surface area contributed by atoms with E-state index in [1.807, 2.05) is 29.2 Å². The maximum absolute atomic E-state index is 13.0. The lowest BCUT2D eigenvalue weighted by Gasteiger charge is -2.39. The average Bonchev–Trinajstić information content (AvgIpc) is 3.08. The van der Waals surface area contributed by atoms with Gasteiger partial charge in [0, 0.05) is 19.1 Å². The van der Waals surface area contributed by atoms with Gasteiger partial charge in [-0.3, -0.25) is 4.79 Å². The van der Waals surface area contributed by atoms with Gasteiger partial charge in [-0.05, 0) is 30.9 Å². The zero-order chi connectivity index (χ0) is 15.5. The lowest BCUT2D eigenvalue weighted by atomic mass is 9.90. The summed E-state index contributed by atoms with van der Waals surface area (Å²) in [5.41, 5.74) is 7.23. The normalized spacial score (nSPS) is 21.8. The summed E-state index contributed by atoms with van der Waals surface area (Å²) in [6.07, 6.45) is 5.35. The van der Waals surface area contributed by atoms with Crippen LogP contribution in [0.25, 0.3) is 5.69 Å². The van der Waals surface area contributed by atoms with Crippen molar-refractivity contribution in [2.45, 2.75) is 25.8 Å². The second-order valence-electron chi connectivity index (χ2n) is 5.76. The van der Waals surface area contributed by atoms with E-state index < -0.39 is 0 Å². The van der Waals surface area contributed by atoms with Gasteiger partial charge in [-0.25, -0.2) is 0 Å². The van der Waals surface area contributed by atoms with Gasteiger partial charge in [0.25, 0.3) is 5.91 Å². The number of amides is 1. The smallest absolute Gasteiger partial charge is 0.256 e. The van der Waals surface area contributed by atoms with Crippen molar-refractivity contribution in [3.8, 4) is 5.69 Å². The molecule has 1 aliphatic heterocycles. The summed E-state index contributed by atoms with van der Waals surface area (Å²) in [5.74, 6) is 0.438. The molecule has 2 N–H and O–H groups in total. The summed E-state index contributed by atoms with van der Waals surface area (Å²) in [7, 11) is 0. The van der Waals surface area contributed by atoms with Crippen LogP contribution in [0.5, 0.6) is 0 Å². The SMILES string of the molecule is C[C@@H]1CCCN(C(=O)c2ccccc2-n2nccn2)C1CN. The molecule has 1 unspecified atom stereocenters. The van der Waals surface area contributed by atoms with Crippen LogP contribution in [0.2, 0.25) is 0 Å². The number of carbonyl (C=O) groups excluding carboxylic acids is 1. The number of carbonyl (C=O) groups is 1. The Morgan fingerprint density at radius 2 is 2.05 bits per heavy atom. The van der Waals surface area contributed by atoms with Crippen molar-refractivity contribution >= 4 is 5.91 Å². The molecule has 1 aliphatic rings. The number of rotatable bonds is 3. The van der Waals surface area contributed by atoms with E-state index in [4.69, 9.17) is 5.73 Å². The number of likely N-dealkylation sites (tertiary alicyclic amines) is 1. The molecule has 116 valence electrons. The molecule has 22 heavy (non-hydrogen) atoms. The zero-order valence-corrected chi connectivity index (χ0v) is 12.7. The van der Waals surface area contributed by atoms with Crippen LogP contribution in [0.1, 0.15) is 30.1 Å². The fourth-order valence-electron chi connectivity index (χ4n) is 3.18. The third-order valence-electron chi connectivity index (χ3n) is 4.39. The van der Waals surface area contributed by atoms with Crippen LogP contribution in [0.4, 0.5) is 0 Å². The summed E-state index contributed by atoms with van der Waals surface area (Å²) in [5, 5.41) is 8.28. The van der Waals surface area contributed by atoms with Crippen LogP contribution in [0.3, 0.4) is 0 Å². The van der Waals surface area contributed by atoms with Gasteiger partial charge < -0.3 is 10.6 Å². The van der Waals surface area contributed by atoms with Crippen molar-refractivity contribution in [1.82, 2.24) is 19.9 Å². The van der Waals surface area contributed by atoms with E-state index in [9.17, 15) is 4.79 Å². The Balaban J connectivity index is 1.95. The zero-order valence-electron chi connectivity index (χ0n) is 12.7. The number of hydrogen-bond acceptors (Lipinski definition) is 4. The molecule has 2 atom stereocenters. The maximum atomic E-state index is 13.0. The van der Waals surface area contributed by atoms with Gasteiger partial charge in [-0.2, -0.15) is 15.0 Å². The Hall–Kier alpha value is -2.21. The lowest BCUT2D eigenvalue weighted by molar-refractivity contribution is 0.0532. The monoisotopic (exact) mass is 299 g/mol. The summed E-state index contributed by atoms with van der Waals surface area (Å²) >= 11 is 0. The van der Waals surface area contributed by atoms with E-state index in [1.165, 1.54) is 4.80 Å². The van der Waals surface area contributed by atoms with E-state index in [-0.39, 0.29) is 11.9 Å². The first kappa shape index (κ1) is 14.7. The highest BCUT2D eigenvalue weighted by Crippen LogP contribution is 2.25. The van der Waals surface area contributed by atoms with Crippen molar-refractivity contribution in [1.29, 1.82) is 0 Å². The summed E-state index contributed by atoms with van der Waals surface area (Å²) in [6, 6.07) is 7.53. The first-order chi connectivity index (χ1) is 10.7. The fourth-order valence-corrected chi connectivity index (χ4v) is 3.18. The molecule has 1 fully saturated rings. The molecular weight excluding hydrogens is 278 g/mol. The quantitative estimate of drug-likeness (QED) is 0.931. The highest BCUT2D eigenvalue weighted by Gasteiger charge is 2.32. The molecule has 0 spiro atoms. The molecule has 6 nitrogen and oxygen atoms in total. The minimum Gasteiger partial charge on any atom is -0.334 e. The number of benzene rings is 1. The Morgan fingerprint density at radius 1 is 1.32 bits per heavy atom. The van der Waals surface area contributed by atoms with Crippen LogP contribution in [0, 0.1) is 5.92 Å². The summed E-state index contributed by atoms with van der Waals surface area (Å²) in [4.78, 5) is 16.4. The number of nitrogens with zero attached hydrogens (tertiary/aromatic N) is 4. The van der Waals surface area contributed by atoms with E-state index in [0.29, 0.717) is 23.7 Å². The van der Waals surface area contributed by atoms with Gasteiger partial charge in [-0.1, -0.05) is 19.1 Å². The average molecular weight is 299 g/mol. The van der Waals surface area contributed by atoms with Crippen LogP contribution >= 0.6 is 0 Å². The van der Waals surface area contributed by atoms with Gasteiger partial charge in [0.15, 0.2) is 0 Å². The predicted molar refractivity (Wildman–Crippen MR) is 83.6 cm³/mol. The molecule has 1 amide bonds. The van der Waals surface area contributed by atoms with Crippen molar-refractivity contribution in [2.24, 2.45) is 11.7 Å². The maximum Gasteiger partial charge on any atom is 0.256 e. The highest BCUT2D eigenvalue weighted by atomic mass is 16.2. The van der Waals surface area contributed by atoms with Gasteiger partial charge in [0.05, 0.1) is 23.6 Å².